The van der Waals surface area contributed by atoms with E-state index in [1.807, 2.05) is 13.8 Å². The number of benzene rings is 1. The molecule has 1 N–H and O–H groups in total. The van der Waals surface area contributed by atoms with Crippen molar-refractivity contribution in [2.24, 2.45) is 5.92 Å². The minimum atomic E-state index is -0.376. The van der Waals surface area contributed by atoms with E-state index in [1.54, 1.807) is 25.2 Å². The number of rotatable bonds is 5. The Morgan fingerprint density at radius 3 is 2.71 bits per heavy atom. The van der Waals surface area contributed by atoms with Gasteiger partial charge in [-0.25, -0.2) is 4.39 Å². The Hall–Kier alpha value is -1.42. The van der Waals surface area contributed by atoms with Crippen molar-refractivity contribution in [3.05, 3.63) is 30.1 Å². The summed E-state index contributed by atoms with van der Waals surface area (Å²) in [7, 11) is 1.60. The van der Waals surface area contributed by atoms with Crippen LogP contribution in [0.2, 0.25) is 0 Å². The molecule has 1 aromatic carbocycles. The zero-order chi connectivity index (χ0) is 12.8. The number of hydrogen-bond acceptors (Lipinski definition) is 2. The van der Waals surface area contributed by atoms with Gasteiger partial charge < -0.3 is 10.2 Å². The molecule has 0 spiro atoms. The Labute approximate surface area is 102 Å². The van der Waals surface area contributed by atoms with Gasteiger partial charge in [0.2, 0.25) is 5.91 Å². The Morgan fingerprint density at radius 2 is 2.12 bits per heavy atom. The van der Waals surface area contributed by atoms with E-state index in [1.165, 1.54) is 11.0 Å². The molecule has 0 saturated carbocycles. The van der Waals surface area contributed by atoms with Crippen molar-refractivity contribution in [1.82, 2.24) is 5.32 Å². The normalized spacial score (nSPS) is 12.2. The molecule has 0 aliphatic carbocycles. The van der Waals surface area contributed by atoms with Crippen LogP contribution in [0.1, 0.15) is 13.8 Å². The number of anilines is 1. The van der Waals surface area contributed by atoms with Crippen LogP contribution in [0.4, 0.5) is 10.1 Å². The van der Waals surface area contributed by atoms with Crippen molar-refractivity contribution in [2.75, 3.05) is 25.0 Å². The van der Waals surface area contributed by atoms with Crippen molar-refractivity contribution in [2.45, 2.75) is 13.8 Å². The van der Waals surface area contributed by atoms with E-state index in [0.29, 0.717) is 12.2 Å². The third kappa shape index (κ3) is 3.53. The minimum Gasteiger partial charge on any atom is -0.316 e. The van der Waals surface area contributed by atoms with Gasteiger partial charge >= 0.3 is 0 Å². The second-order valence-electron chi connectivity index (χ2n) is 4.06. The highest BCUT2D eigenvalue weighted by Crippen LogP contribution is 2.18. The second kappa shape index (κ2) is 6.35. The molecule has 0 heterocycles. The summed E-state index contributed by atoms with van der Waals surface area (Å²) < 4.78 is 13.5. The zero-order valence-corrected chi connectivity index (χ0v) is 10.5. The average Bonchev–Trinajstić information content (AvgIpc) is 2.34. The van der Waals surface area contributed by atoms with E-state index in [4.69, 9.17) is 0 Å². The van der Waals surface area contributed by atoms with Crippen LogP contribution in [0.15, 0.2) is 24.3 Å². The molecule has 94 valence electrons. The van der Waals surface area contributed by atoms with Crippen molar-refractivity contribution in [1.29, 1.82) is 0 Å². The predicted octanol–water partition coefficient (Wildman–Crippen LogP) is 2.03. The molecule has 3 nitrogen and oxygen atoms in total. The Morgan fingerprint density at radius 1 is 1.47 bits per heavy atom. The number of hydrogen-bond donors (Lipinski definition) is 1. The van der Waals surface area contributed by atoms with Gasteiger partial charge in [0, 0.05) is 19.5 Å². The molecule has 1 aromatic rings. The fourth-order valence-electron chi connectivity index (χ4n) is 1.62. The third-order valence-electron chi connectivity index (χ3n) is 2.67. The van der Waals surface area contributed by atoms with Crippen molar-refractivity contribution in [3.63, 3.8) is 0 Å². The summed E-state index contributed by atoms with van der Waals surface area (Å²) in [5.74, 6) is -0.630. The van der Waals surface area contributed by atoms with Gasteiger partial charge in [0.15, 0.2) is 0 Å². The maximum atomic E-state index is 13.5. The maximum Gasteiger partial charge on any atom is 0.230 e. The minimum absolute atomic E-state index is 0.0870. The van der Waals surface area contributed by atoms with Crippen LogP contribution in [0.3, 0.4) is 0 Å². The average molecular weight is 238 g/mol. The van der Waals surface area contributed by atoms with Gasteiger partial charge in [-0.3, -0.25) is 4.79 Å². The van der Waals surface area contributed by atoms with E-state index in [2.05, 4.69) is 5.32 Å². The van der Waals surface area contributed by atoms with Gasteiger partial charge in [0.05, 0.1) is 5.69 Å². The maximum absolute atomic E-state index is 13.5. The van der Waals surface area contributed by atoms with Crippen molar-refractivity contribution < 1.29 is 9.18 Å². The Balaban J connectivity index is 2.73. The second-order valence-corrected chi connectivity index (χ2v) is 4.06. The molecule has 1 amide bonds. The summed E-state index contributed by atoms with van der Waals surface area (Å²) in [5, 5.41) is 3.11. The standard InChI is InChI=1S/C13H19FN2O/c1-4-15-9-10(2)13(17)16(3)12-8-6-5-7-11(12)14/h5-8,10,15H,4,9H2,1-3H3. The quantitative estimate of drug-likeness (QED) is 0.851. The molecule has 4 heteroatoms. The molecule has 0 aliphatic rings. The molecule has 0 aromatic heterocycles. The van der Waals surface area contributed by atoms with E-state index >= 15 is 0 Å². The molecule has 1 unspecified atom stereocenters. The van der Waals surface area contributed by atoms with Crippen LogP contribution < -0.4 is 10.2 Å². The van der Waals surface area contributed by atoms with E-state index < -0.39 is 0 Å². The first-order chi connectivity index (χ1) is 8.07. The molecule has 0 radical (unpaired) electrons. The highest BCUT2D eigenvalue weighted by atomic mass is 19.1. The third-order valence-corrected chi connectivity index (χ3v) is 2.67. The Kier molecular flexibility index (Phi) is 5.10. The highest BCUT2D eigenvalue weighted by Gasteiger charge is 2.19. The van der Waals surface area contributed by atoms with E-state index in [0.717, 1.165) is 6.54 Å². The summed E-state index contributed by atoms with van der Waals surface area (Å²) in [6, 6.07) is 6.29. The van der Waals surface area contributed by atoms with Crippen molar-refractivity contribution in [3.8, 4) is 0 Å². The molecular formula is C13H19FN2O. The number of halogens is 1. The lowest BCUT2D eigenvalue weighted by Crippen LogP contribution is -2.37. The molecule has 0 bridgehead atoms. The predicted molar refractivity (Wildman–Crippen MR) is 67.5 cm³/mol. The number of carbonyl (C=O) groups excluding carboxylic acids is 1. The van der Waals surface area contributed by atoms with Crippen LogP contribution in [-0.4, -0.2) is 26.0 Å². The van der Waals surface area contributed by atoms with Gasteiger partial charge in [-0.15, -0.1) is 0 Å². The van der Waals surface area contributed by atoms with E-state index in [9.17, 15) is 9.18 Å². The largest absolute Gasteiger partial charge is 0.316 e. The summed E-state index contributed by atoms with van der Waals surface area (Å²) >= 11 is 0. The fourth-order valence-corrected chi connectivity index (χ4v) is 1.62. The van der Waals surface area contributed by atoms with Crippen LogP contribution in [0.5, 0.6) is 0 Å². The van der Waals surface area contributed by atoms with Crippen LogP contribution in [0.25, 0.3) is 0 Å². The summed E-state index contributed by atoms with van der Waals surface area (Å²) in [6.07, 6.45) is 0. The molecule has 0 aliphatic heterocycles. The number of amides is 1. The van der Waals surface area contributed by atoms with Crippen molar-refractivity contribution >= 4 is 11.6 Å². The first kappa shape index (κ1) is 13.6. The van der Waals surface area contributed by atoms with Gasteiger partial charge in [-0.1, -0.05) is 26.0 Å². The first-order valence-corrected chi connectivity index (χ1v) is 5.80. The summed E-state index contributed by atoms with van der Waals surface area (Å²) in [5.41, 5.74) is 0.320. The number of nitrogens with zero attached hydrogens (tertiary/aromatic N) is 1. The monoisotopic (exact) mass is 238 g/mol. The summed E-state index contributed by atoms with van der Waals surface area (Å²) in [6.45, 7) is 5.25. The van der Waals surface area contributed by atoms with Gasteiger partial charge in [-0.05, 0) is 18.7 Å². The number of para-hydroxylation sites is 1. The Bertz CT molecular complexity index is 381. The fraction of sp³-hybridized carbons (Fsp3) is 0.462. The highest BCUT2D eigenvalue weighted by molar-refractivity contribution is 5.94. The number of nitrogens with one attached hydrogen (secondary N) is 1. The molecule has 0 saturated heterocycles. The number of carbonyl (C=O) groups is 1. The van der Waals surface area contributed by atoms with Crippen LogP contribution in [0, 0.1) is 11.7 Å². The van der Waals surface area contributed by atoms with E-state index in [-0.39, 0.29) is 17.6 Å². The lowest BCUT2D eigenvalue weighted by molar-refractivity contribution is -0.121. The first-order valence-electron chi connectivity index (χ1n) is 5.80. The molecule has 0 fully saturated rings. The molecule has 1 atom stereocenters. The smallest absolute Gasteiger partial charge is 0.230 e. The SMILES string of the molecule is CCNCC(C)C(=O)N(C)c1ccccc1F. The van der Waals surface area contributed by atoms with Crippen LogP contribution >= 0.6 is 0 Å². The molecule has 17 heavy (non-hydrogen) atoms. The van der Waals surface area contributed by atoms with Crippen LogP contribution in [-0.2, 0) is 4.79 Å². The zero-order valence-electron chi connectivity index (χ0n) is 10.5. The molecule has 1 rings (SSSR count). The van der Waals surface area contributed by atoms with Gasteiger partial charge in [-0.2, -0.15) is 0 Å². The van der Waals surface area contributed by atoms with Gasteiger partial charge in [0.1, 0.15) is 5.82 Å². The lowest BCUT2D eigenvalue weighted by atomic mass is 10.1. The van der Waals surface area contributed by atoms with Gasteiger partial charge in [0.25, 0.3) is 0 Å². The topological polar surface area (TPSA) is 32.3 Å². The summed E-state index contributed by atoms with van der Waals surface area (Å²) in [4.78, 5) is 13.4. The lowest BCUT2D eigenvalue weighted by Gasteiger charge is -2.22. The molecular weight excluding hydrogens is 219 g/mol.